The van der Waals surface area contributed by atoms with Gasteiger partial charge in [-0.2, -0.15) is 5.10 Å². The summed E-state index contributed by atoms with van der Waals surface area (Å²) in [6, 6.07) is 10.8. The van der Waals surface area contributed by atoms with Crippen LogP contribution < -0.4 is 0 Å². The van der Waals surface area contributed by atoms with Crippen LogP contribution in [0.4, 0.5) is 8.78 Å². The SMILES string of the molecule is CC(=O)C(C)(C)C(C)(c1cc(F)ccc1F)n1cc2ccccc2n1. The molecule has 5 heteroatoms. The predicted octanol–water partition coefficient (Wildman–Crippen LogP) is 4.69. The van der Waals surface area contributed by atoms with Crippen molar-refractivity contribution >= 4 is 16.7 Å². The number of hydrogen-bond acceptors (Lipinski definition) is 2. The molecule has 1 aromatic heterocycles. The minimum atomic E-state index is -1.20. The van der Waals surface area contributed by atoms with Gasteiger partial charge in [-0.05, 0) is 38.1 Å². The average molecular weight is 342 g/mol. The molecule has 0 aliphatic heterocycles. The summed E-state index contributed by atoms with van der Waals surface area (Å²) in [4.78, 5) is 12.4. The Bertz CT molecular complexity index is 928. The molecule has 0 fully saturated rings. The van der Waals surface area contributed by atoms with Crippen LogP contribution in [0.2, 0.25) is 0 Å². The maximum Gasteiger partial charge on any atom is 0.138 e. The van der Waals surface area contributed by atoms with Crippen LogP contribution in [0, 0.1) is 17.0 Å². The summed E-state index contributed by atoms with van der Waals surface area (Å²) in [5, 5.41) is 5.42. The summed E-state index contributed by atoms with van der Waals surface area (Å²) >= 11 is 0. The van der Waals surface area contributed by atoms with Gasteiger partial charge in [-0.1, -0.05) is 32.0 Å². The van der Waals surface area contributed by atoms with Gasteiger partial charge in [-0.3, -0.25) is 9.48 Å². The maximum absolute atomic E-state index is 14.7. The first kappa shape index (κ1) is 17.3. The van der Waals surface area contributed by atoms with E-state index in [9.17, 15) is 13.6 Å². The number of Topliss-reactive ketones (excluding diaryl/α,β-unsaturated/α-hetero) is 1. The Balaban J connectivity index is 2.36. The van der Waals surface area contributed by atoms with Crippen molar-refractivity contribution in [2.45, 2.75) is 33.2 Å². The molecule has 0 aliphatic carbocycles. The third-order valence-electron chi connectivity index (χ3n) is 5.42. The average Bonchev–Trinajstić information content (AvgIpc) is 3.00. The van der Waals surface area contributed by atoms with Crippen molar-refractivity contribution in [1.82, 2.24) is 9.78 Å². The Morgan fingerprint density at radius 1 is 1.08 bits per heavy atom. The summed E-state index contributed by atoms with van der Waals surface area (Å²) in [6.07, 6.45) is 1.77. The Kier molecular flexibility index (Phi) is 3.98. The molecule has 0 spiro atoms. The number of halogens is 2. The highest BCUT2D eigenvalue weighted by Gasteiger charge is 2.49. The summed E-state index contributed by atoms with van der Waals surface area (Å²) in [6.45, 7) is 6.63. The van der Waals surface area contributed by atoms with Gasteiger partial charge in [0.2, 0.25) is 0 Å². The Hall–Kier alpha value is -2.56. The van der Waals surface area contributed by atoms with Crippen LogP contribution >= 0.6 is 0 Å². The fraction of sp³-hybridized carbons (Fsp3) is 0.300. The first-order chi connectivity index (χ1) is 11.7. The quantitative estimate of drug-likeness (QED) is 0.689. The predicted molar refractivity (Wildman–Crippen MR) is 93.3 cm³/mol. The third kappa shape index (κ3) is 2.54. The van der Waals surface area contributed by atoms with Gasteiger partial charge in [0.25, 0.3) is 0 Å². The van der Waals surface area contributed by atoms with Gasteiger partial charge in [0.1, 0.15) is 17.4 Å². The van der Waals surface area contributed by atoms with Crippen molar-refractivity contribution in [3.05, 3.63) is 65.9 Å². The van der Waals surface area contributed by atoms with E-state index in [2.05, 4.69) is 5.10 Å². The lowest BCUT2D eigenvalue weighted by Crippen LogP contribution is -2.50. The van der Waals surface area contributed by atoms with Gasteiger partial charge in [0.15, 0.2) is 0 Å². The third-order valence-corrected chi connectivity index (χ3v) is 5.42. The van der Waals surface area contributed by atoms with Crippen LogP contribution in [-0.4, -0.2) is 15.6 Å². The van der Waals surface area contributed by atoms with Gasteiger partial charge in [-0.25, -0.2) is 8.78 Å². The van der Waals surface area contributed by atoms with Crippen molar-refractivity contribution in [3.8, 4) is 0 Å². The first-order valence-corrected chi connectivity index (χ1v) is 8.09. The second-order valence-electron chi connectivity index (χ2n) is 7.01. The Morgan fingerprint density at radius 3 is 2.40 bits per heavy atom. The van der Waals surface area contributed by atoms with E-state index in [-0.39, 0.29) is 11.3 Å². The fourth-order valence-electron chi connectivity index (χ4n) is 3.15. The van der Waals surface area contributed by atoms with Crippen molar-refractivity contribution in [1.29, 1.82) is 0 Å². The van der Waals surface area contributed by atoms with E-state index in [0.29, 0.717) is 0 Å². The molecule has 1 atom stereocenters. The van der Waals surface area contributed by atoms with E-state index in [0.717, 1.165) is 29.1 Å². The van der Waals surface area contributed by atoms with E-state index in [1.807, 2.05) is 24.3 Å². The number of benzene rings is 2. The molecule has 3 nitrogen and oxygen atoms in total. The summed E-state index contributed by atoms with van der Waals surface area (Å²) < 4.78 is 30.2. The minimum absolute atomic E-state index is 0.0977. The molecule has 3 aromatic rings. The minimum Gasteiger partial charge on any atom is -0.299 e. The number of nitrogens with zero attached hydrogens (tertiary/aromatic N) is 2. The van der Waals surface area contributed by atoms with Crippen LogP contribution in [0.15, 0.2) is 48.7 Å². The van der Waals surface area contributed by atoms with Crippen molar-refractivity contribution < 1.29 is 13.6 Å². The molecule has 1 unspecified atom stereocenters. The molecule has 0 aliphatic rings. The second kappa shape index (κ2) is 5.76. The lowest BCUT2D eigenvalue weighted by molar-refractivity contribution is -0.129. The van der Waals surface area contributed by atoms with E-state index < -0.39 is 22.6 Å². The number of rotatable bonds is 4. The van der Waals surface area contributed by atoms with Crippen LogP contribution in [0.5, 0.6) is 0 Å². The van der Waals surface area contributed by atoms with Gasteiger partial charge >= 0.3 is 0 Å². The van der Waals surface area contributed by atoms with E-state index in [1.54, 1.807) is 31.6 Å². The lowest BCUT2D eigenvalue weighted by Gasteiger charge is -2.43. The van der Waals surface area contributed by atoms with Crippen LogP contribution in [0.1, 0.15) is 33.3 Å². The van der Waals surface area contributed by atoms with E-state index >= 15 is 0 Å². The van der Waals surface area contributed by atoms with Crippen molar-refractivity contribution in [2.24, 2.45) is 5.41 Å². The van der Waals surface area contributed by atoms with Gasteiger partial charge in [0.05, 0.1) is 16.5 Å². The van der Waals surface area contributed by atoms with Crippen molar-refractivity contribution in [3.63, 3.8) is 0 Å². The number of ketones is 1. The molecular formula is C20H20F2N2O. The summed E-state index contributed by atoms with van der Waals surface area (Å²) in [5.74, 6) is -1.27. The molecule has 25 heavy (non-hydrogen) atoms. The normalized spacial score (nSPS) is 14.5. The number of aromatic nitrogens is 2. The fourth-order valence-corrected chi connectivity index (χ4v) is 3.15. The molecule has 0 bridgehead atoms. The largest absolute Gasteiger partial charge is 0.299 e. The molecule has 0 saturated carbocycles. The topological polar surface area (TPSA) is 34.9 Å². The first-order valence-electron chi connectivity index (χ1n) is 8.09. The van der Waals surface area contributed by atoms with E-state index in [4.69, 9.17) is 0 Å². The molecule has 0 amide bonds. The highest BCUT2D eigenvalue weighted by Crippen LogP contribution is 2.45. The van der Waals surface area contributed by atoms with E-state index in [1.165, 1.54) is 6.92 Å². The van der Waals surface area contributed by atoms with Crippen LogP contribution in [0.25, 0.3) is 10.9 Å². The molecule has 0 saturated heterocycles. The number of carbonyl (C=O) groups excluding carboxylic acids is 1. The van der Waals surface area contributed by atoms with Gasteiger partial charge < -0.3 is 0 Å². The number of fused-ring (bicyclic) bond motifs is 1. The summed E-state index contributed by atoms with van der Waals surface area (Å²) in [7, 11) is 0. The number of hydrogen-bond donors (Lipinski definition) is 0. The standard InChI is InChI=1S/C20H20F2N2O/c1-13(25)19(2,3)20(4,16-11-15(21)9-10-17(16)22)24-12-14-7-5-6-8-18(14)23-24/h5-12H,1-4H3. The molecule has 0 N–H and O–H groups in total. The lowest BCUT2D eigenvalue weighted by atomic mass is 9.67. The van der Waals surface area contributed by atoms with Crippen LogP contribution in [0.3, 0.4) is 0 Å². The Labute approximate surface area is 145 Å². The van der Waals surface area contributed by atoms with Crippen molar-refractivity contribution in [2.75, 3.05) is 0 Å². The molecule has 1 heterocycles. The highest BCUT2D eigenvalue weighted by molar-refractivity contribution is 5.84. The zero-order chi connectivity index (χ0) is 18.4. The zero-order valence-electron chi connectivity index (χ0n) is 14.7. The smallest absolute Gasteiger partial charge is 0.138 e. The second-order valence-corrected chi connectivity index (χ2v) is 7.01. The monoisotopic (exact) mass is 342 g/mol. The highest BCUT2D eigenvalue weighted by atomic mass is 19.1. The Morgan fingerprint density at radius 2 is 1.76 bits per heavy atom. The molecule has 2 aromatic carbocycles. The zero-order valence-corrected chi connectivity index (χ0v) is 14.7. The summed E-state index contributed by atoms with van der Waals surface area (Å²) in [5.41, 5.74) is -1.40. The molecule has 0 radical (unpaired) electrons. The molecule has 130 valence electrons. The number of carbonyl (C=O) groups is 1. The molecule has 3 rings (SSSR count). The van der Waals surface area contributed by atoms with Crippen LogP contribution in [-0.2, 0) is 10.3 Å². The molecular weight excluding hydrogens is 322 g/mol. The maximum atomic E-state index is 14.7. The van der Waals surface area contributed by atoms with Gasteiger partial charge in [0, 0.05) is 17.1 Å². The van der Waals surface area contributed by atoms with Gasteiger partial charge in [-0.15, -0.1) is 0 Å².